The summed E-state index contributed by atoms with van der Waals surface area (Å²) in [6, 6.07) is 14.6. The van der Waals surface area contributed by atoms with Crippen LogP contribution in [0.25, 0.3) is 0 Å². The van der Waals surface area contributed by atoms with Gasteiger partial charge < -0.3 is 20.4 Å². The summed E-state index contributed by atoms with van der Waals surface area (Å²) in [6.45, 7) is 9.67. The Bertz CT molecular complexity index is 866. The van der Waals surface area contributed by atoms with Crippen molar-refractivity contribution in [1.82, 2.24) is 5.32 Å². The fourth-order valence-corrected chi connectivity index (χ4v) is 3.86. The summed E-state index contributed by atoms with van der Waals surface area (Å²) >= 11 is 5.45. The number of carbonyl (C=O) groups excluding carboxylic acids is 1. The first-order chi connectivity index (χ1) is 14.0. The second-order valence-electron chi connectivity index (χ2n) is 7.45. The zero-order valence-corrected chi connectivity index (χ0v) is 18.3. The number of amides is 1. The third-order valence-electron chi connectivity index (χ3n) is 5.27. The highest BCUT2D eigenvalue weighted by molar-refractivity contribution is 7.80. The molecule has 1 amide bonds. The Balaban J connectivity index is 1.50. The number of hydrogen-bond donors (Lipinski definition) is 2. The minimum absolute atomic E-state index is 0.208. The average molecular weight is 411 g/mol. The number of likely N-dealkylation sites (N-methyl/N-ethyl adjacent to an activating group) is 1. The largest absolute Gasteiger partial charge is 0.370 e. The molecule has 1 aliphatic rings. The molecule has 154 valence electrons. The molecule has 0 aliphatic carbocycles. The highest BCUT2D eigenvalue weighted by Crippen LogP contribution is 2.27. The van der Waals surface area contributed by atoms with Gasteiger partial charge in [0.15, 0.2) is 5.11 Å². The first-order valence-corrected chi connectivity index (χ1v) is 10.7. The lowest BCUT2D eigenvalue weighted by Gasteiger charge is -2.24. The number of rotatable bonds is 7. The van der Waals surface area contributed by atoms with Gasteiger partial charge in [-0.25, -0.2) is 0 Å². The molecule has 1 fully saturated rings. The van der Waals surface area contributed by atoms with Crippen molar-refractivity contribution in [3.63, 3.8) is 0 Å². The van der Waals surface area contributed by atoms with Gasteiger partial charge in [-0.2, -0.15) is 0 Å². The number of nitrogens with zero attached hydrogens (tertiary/aromatic N) is 2. The molecule has 1 heterocycles. The quantitative estimate of drug-likeness (QED) is 0.669. The molecule has 0 saturated carbocycles. The zero-order chi connectivity index (χ0) is 20.8. The van der Waals surface area contributed by atoms with Gasteiger partial charge in [-0.1, -0.05) is 17.7 Å². The monoisotopic (exact) mass is 410 g/mol. The van der Waals surface area contributed by atoms with Crippen molar-refractivity contribution >= 4 is 40.3 Å². The minimum Gasteiger partial charge on any atom is -0.370 e. The summed E-state index contributed by atoms with van der Waals surface area (Å²) in [5.41, 5.74) is 5.49. The molecular weight excluding hydrogens is 380 g/mol. The van der Waals surface area contributed by atoms with Crippen molar-refractivity contribution in [3.8, 4) is 0 Å². The zero-order valence-electron chi connectivity index (χ0n) is 17.5. The summed E-state index contributed by atoms with van der Waals surface area (Å²) in [5.74, 6) is 0.208. The van der Waals surface area contributed by atoms with Crippen LogP contribution in [0.2, 0.25) is 0 Å². The normalized spacial score (nSPS) is 13.5. The number of thiocarbonyl (C=S) groups is 1. The molecule has 5 nitrogen and oxygen atoms in total. The van der Waals surface area contributed by atoms with E-state index in [9.17, 15) is 4.79 Å². The molecule has 29 heavy (non-hydrogen) atoms. The lowest BCUT2D eigenvalue weighted by Crippen LogP contribution is -2.36. The van der Waals surface area contributed by atoms with Gasteiger partial charge in [0.1, 0.15) is 0 Å². The number of anilines is 3. The maximum Gasteiger partial charge on any atom is 0.227 e. The standard InChI is InChI=1S/C23H30N4OS/c1-4-26(20-10-7-17(2)8-11-20)15-13-24-23(29)25-19-9-12-21(18(3)16-19)27-14-5-6-22(27)28/h7-12,16H,4-6,13-15H2,1-3H3,(H2,24,25,29). The van der Waals surface area contributed by atoms with E-state index in [1.54, 1.807) is 0 Å². The van der Waals surface area contributed by atoms with Crippen molar-refractivity contribution in [2.24, 2.45) is 0 Å². The molecule has 2 N–H and O–H groups in total. The van der Waals surface area contributed by atoms with Crippen LogP contribution in [0.15, 0.2) is 42.5 Å². The van der Waals surface area contributed by atoms with Gasteiger partial charge >= 0.3 is 0 Å². The Morgan fingerprint density at radius 3 is 2.55 bits per heavy atom. The summed E-state index contributed by atoms with van der Waals surface area (Å²) in [6.07, 6.45) is 1.58. The molecule has 2 aromatic rings. The number of hydrogen-bond acceptors (Lipinski definition) is 3. The molecule has 1 saturated heterocycles. The number of carbonyl (C=O) groups is 1. The Morgan fingerprint density at radius 1 is 1.17 bits per heavy atom. The second kappa shape index (κ2) is 9.74. The molecule has 3 rings (SSSR count). The molecule has 0 unspecified atom stereocenters. The molecule has 0 bridgehead atoms. The van der Waals surface area contributed by atoms with E-state index in [1.165, 1.54) is 11.3 Å². The topological polar surface area (TPSA) is 47.6 Å². The number of aryl methyl sites for hydroxylation is 2. The smallest absolute Gasteiger partial charge is 0.227 e. The van der Waals surface area contributed by atoms with Crippen molar-refractivity contribution in [1.29, 1.82) is 0 Å². The highest BCUT2D eigenvalue weighted by atomic mass is 32.1. The summed E-state index contributed by atoms with van der Waals surface area (Å²) in [4.78, 5) is 16.2. The van der Waals surface area contributed by atoms with Crippen molar-refractivity contribution < 1.29 is 4.79 Å². The second-order valence-corrected chi connectivity index (χ2v) is 7.85. The van der Waals surface area contributed by atoms with Crippen LogP contribution in [0.3, 0.4) is 0 Å². The van der Waals surface area contributed by atoms with Crippen LogP contribution in [0, 0.1) is 13.8 Å². The van der Waals surface area contributed by atoms with E-state index in [2.05, 4.69) is 53.6 Å². The minimum atomic E-state index is 0.208. The SMILES string of the molecule is CCN(CCNC(=S)Nc1ccc(N2CCCC2=O)c(C)c1)c1ccc(C)cc1. The fourth-order valence-electron chi connectivity index (χ4n) is 3.64. The number of benzene rings is 2. The van der Waals surface area contributed by atoms with E-state index in [0.717, 1.165) is 49.5 Å². The molecule has 0 radical (unpaired) electrons. The van der Waals surface area contributed by atoms with Crippen LogP contribution in [0.4, 0.5) is 17.1 Å². The summed E-state index contributed by atoms with van der Waals surface area (Å²) < 4.78 is 0. The van der Waals surface area contributed by atoms with Crippen LogP contribution in [-0.4, -0.2) is 37.2 Å². The Hall–Kier alpha value is -2.60. The lowest BCUT2D eigenvalue weighted by atomic mass is 10.1. The predicted octanol–water partition coefficient (Wildman–Crippen LogP) is 4.24. The van der Waals surface area contributed by atoms with Crippen LogP contribution in [0.5, 0.6) is 0 Å². The molecular formula is C23H30N4OS. The van der Waals surface area contributed by atoms with E-state index in [4.69, 9.17) is 12.2 Å². The predicted molar refractivity (Wildman–Crippen MR) is 126 cm³/mol. The fraction of sp³-hybridized carbons (Fsp3) is 0.391. The molecule has 0 atom stereocenters. The summed E-state index contributed by atoms with van der Waals surface area (Å²) in [7, 11) is 0. The maximum absolute atomic E-state index is 12.0. The highest BCUT2D eigenvalue weighted by Gasteiger charge is 2.22. The molecule has 1 aliphatic heterocycles. The molecule has 0 aromatic heterocycles. The maximum atomic E-state index is 12.0. The molecule has 0 spiro atoms. The summed E-state index contributed by atoms with van der Waals surface area (Å²) in [5, 5.41) is 7.14. The van der Waals surface area contributed by atoms with E-state index in [-0.39, 0.29) is 5.91 Å². The van der Waals surface area contributed by atoms with E-state index in [1.807, 2.05) is 30.0 Å². The first-order valence-electron chi connectivity index (χ1n) is 10.3. The van der Waals surface area contributed by atoms with Crippen LogP contribution in [-0.2, 0) is 4.79 Å². The van der Waals surface area contributed by atoms with Gasteiger partial charge in [-0.15, -0.1) is 0 Å². The molecule has 6 heteroatoms. The van der Waals surface area contributed by atoms with Crippen LogP contribution < -0.4 is 20.4 Å². The third-order valence-corrected chi connectivity index (χ3v) is 5.51. The van der Waals surface area contributed by atoms with Crippen LogP contribution >= 0.6 is 12.2 Å². The van der Waals surface area contributed by atoms with Gasteiger partial charge in [-0.05, 0) is 75.3 Å². The average Bonchev–Trinajstić information content (AvgIpc) is 3.12. The van der Waals surface area contributed by atoms with E-state index in [0.29, 0.717) is 11.5 Å². The Labute approximate surface area is 179 Å². The van der Waals surface area contributed by atoms with E-state index >= 15 is 0 Å². The molecule has 2 aromatic carbocycles. The number of nitrogens with one attached hydrogen (secondary N) is 2. The van der Waals surface area contributed by atoms with Gasteiger partial charge in [0.05, 0.1) is 0 Å². The van der Waals surface area contributed by atoms with Gasteiger partial charge in [-0.3, -0.25) is 4.79 Å². The van der Waals surface area contributed by atoms with Gasteiger partial charge in [0.25, 0.3) is 0 Å². The lowest BCUT2D eigenvalue weighted by molar-refractivity contribution is -0.117. The first kappa shape index (κ1) is 21.1. The Kier molecular flexibility index (Phi) is 7.09. The van der Waals surface area contributed by atoms with E-state index < -0.39 is 0 Å². The Morgan fingerprint density at radius 2 is 1.93 bits per heavy atom. The van der Waals surface area contributed by atoms with Crippen molar-refractivity contribution in [2.45, 2.75) is 33.6 Å². The van der Waals surface area contributed by atoms with Crippen molar-refractivity contribution in [2.75, 3.05) is 41.3 Å². The van der Waals surface area contributed by atoms with Crippen LogP contribution in [0.1, 0.15) is 30.9 Å². The van der Waals surface area contributed by atoms with Gasteiger partial charge in [0.2, 0.25) is 5.91 Å². The van der Waals surface area contributed by atoms with Crippen molar-refractivity contribution in [3.05, 3.63) is 53.6 Å². The van der Waals surface area contributed by atoms with Gasteiger partial charge in [0, 0.05) is 49.7 Å². The third kappa shape index (κ3) is 5.48.